The Bertz CT molecular complexity index is 907. The Morgan fingerprint density at radius 1 is 1.28 bits per heavy atom. The van der Waals surface area contributed by atoms with Crippen LogP contribution in [0.4, 0.5) is 0 Å². The van der Waals surface area contributed by atoms with Gasteiger partial charge in [-0.1, -0.05) is 43.2 Å². The predicted octanol–water partition coefficient (Wildman–Crippen LogP) is 3.41. The first-order valence-electron chi connectivity index (χ1n) is 10.3. The first-order chi connectivity index (χ1) is 14.1. The van der Waals surface area contributed by atoms with Gasteiger partial charge in [-0.3, -0.25) is 9.59 Å². The number of nitrogens with zero attached hydrogens (tertiary/aromatic N) is 2. The van der Waals surface area contributed by atoms with Crippen molar-refractivity contribution in [3.05, 3.63) is 58.8 Å². The van der Waals surface area contributed by atoms with E-state index in [0.717, 1.165) is 29.7 Å². The quantitative estimate of drug-likeness (QED) is 0.816. The van der Waals surface area contributed by atoms with Crippen molar-refractivity contribution in [1.82, 2.24) is 15.2 Å². The minimum Gasteiger partial charge on any atom is -0.481 e. The Morgan fingerprint density at radius 2 is 2.00 bits per heavy atom. The Hall–Kier alpha value is -2.89. The molecule has 6 heteroatoms. The van der Waals surface area contributed by atoms with Gasteiger partial charge in [0.2, 0.25) is 11.8 Å². The summed E-state index contributed by atoms with van der Waals surface area (Å²) in [5, 5.41) is 2.96. The van der Waals surface area contributed by atoms with Crippen molar-refractivity contribution in [2.24, 2.45) is 0 Å². The molecule has 29 heavy (non-hydrogen) atoms. The van der Waals surface area contributed by atoms with Gasteiger partial charge in [-0.2, -0.15) is 0 Å². The first-order valence-corrected chi connectivity index (χ1v) is 10.3. The average molecular weight is 393 g/mol. The number of nitrogens with one attached hydrogen (secondary N) is 1. The van der Waals surface area contributed by atoms with E-state index in [0.29, 0.717) is 24.0 Å². The van der Waals surface area contributed by atoms with E-state index in [-0.39, 0.29) is 24.3 Å². The molecule has 2 heterocycles. The number of hydrogen-bond acceptors (Lipinski definition) is 4. The van der Waals surface area contributed by atoms with Crippen LogP contribution < -0.4 is 10.1 Å². The zero-order chi connectivity index (χ0) is 20.4. The van der Waals surface area contributed by atoms with Crippen LogP contribution in [0.15, 0.2) is 36.4 Å². The van der Waals surface area contributed by atoms with Gasteiger partial charge in [0.05, 0.1) is 30.8 Å². The molecule has 0 radical (unpaired) electrons. The van der Waals surface area contributed by atoms with Crippen LogP contribution in [0.25, 0.3) is 0 Å². The summed E-state index contributed by atoms with van der Waals surface area (Å²) in [7, 11) is 1.57. The van der Waals surface area contributed by atoms with Gasteiger partial charge >= 0.3 is 0 Å². The highest BCUT2D eigenvalue weighted by molar-refractivity contribution is 5.98. The third-order valence-corrected chi connectivity index (χ3v) is 6.06. The maximum Gasteiger partial charge on any atom is 0.256 e. The van der Waals surface area contributed by atoms with Crippen molar-refractivity contribution in [3.8, 4) is 5.88 Å². The van der Waals surface area contributed by atoms with Crippen LogP contribution in [-0.4, -0.2) is 34.8 Å². The molecule has 0 bridgehead atoms. The molecular weight excluding hydrogens is 366 g/mol. The number of benzene rings is 1. The molecule has 1 aromatic carbocycles. The van der Waals surface area contributed by atoms with Gasteiger partial charge in [-0.25, -0.2) is 4.98 Å². The molecule has 1 saturated carbocycles. The van der Waals surface area contributed by atoms with E-state index in [1.807, 2.05) is 48.2 Å². The molecule has 1 aliphatic heterocycles. The molecule has 1 aliphatic carbocycles. The number of fused-ring (bicyclic) bond motifs is 1. The standard InChI is InChI=1S/C23H27N3O3/c1-15(16-8-4-3-5-9-16)21(27)24-13-17-12-19-20(25-22(17)29-2)14-26(23(19)28)18-10-6-7-11-18/h3-5,8-9,12,15,18H,6-7,10-11,13-14H2,1-2H3,(H,24,27)/t15-/m0/s1. The monoisotopic (exact) mass is 393 g/mol. The smallest absolute Gasteiger partial charge is 0.256 e. The summed E-state index contributed by atoms with van der Waals surface area (Å²) in [5.41, 5.74) is 3.09. The number of amides is 2. The highest BCUT2D eigenvalue weighted by Gasteiger charge is 2.36. The van der Waals surface area contributed by atoms with Gasteiger partial charge in [0.25, 0.3) is 5.91 Å². The molecule has 1 atom stereocenters. The van der Waals surface area contributed by atoms with Gasteiger partial charge < -0.3 is 15.0 Å². The molecule has 0 saturated heterocycles. The van der Waals surface area contributed by atoms with Crippen LogP contribution >= 0.6 is 0 Å². The molecule has 0 unspecified atom stereocenters. The molecule has 1 aromatic heterocycles. The SMILES string of the molecule is COc1nc2c(cc1CNC(=O)[C@@H](C)c1ccccc1)C(=O)N(C1CCCC1)C2. The summed E-state index contributed by atoms with van der Waals surface area (Å²) >= 11 is 0. The van der Waals surface area contributed by atoms with Gasteiger partial charge in [0.1, 0.15) is 0 Å². The zero-order valence-corrected chi connectivity index (χ0v) is 17.0. The first kappa shape index (κ1) is 19.4. The van der Waals surface area contributed by atoms with Crippen molar-refractivity contribution < 1.29 is 14.3 Å². The van der Waals surface area contributed by atoms with Gasteiger partial charge in [-0.05, 0) is 31.4 Å². The molecule has 152 valence electrons. The minimum absolute atomic E-state index is 0.0484. The number of aromatic nitrogens is 1. The summed E-state index contributed by atoms with van der Waals surface area (Å²) in [6, 6.07) is 11.8. The lowest BCUT2D eigenvalue weighted by Gasteiger charge is -2.22. The topological polar surface area (TPSA) is 71.5 Å². The Labute approximate surface area is 171 Å². The molecule has 1 fully saturated rings. The number of hydrogen-bond donors (Lipinski definition) is 1. The van der Waals surface area contributed by atoms with E-state index in [4.69, 9.17) is 4.74 Å². The van der Waals surface area contributed by atoms with Crippen molar-refractivity contribution in [1.29, 1.82) is 0 Å². The summed E-state index contributed by atoms with van der Waals surface area (Å²) in [4.78, 5) is 32.1. The molecule has 2 aliphatic rings. The molecule has 4 rings (SSSR count). The maximum absolute atomic E-state index is 12.9. The van der Waals surface area contributed by atoms with E-state index in [9.17, 15) is 9.59 Å². The zero-order valence-electron chi connectivity index (χ0n) is 17.0. The number of carbonyl (C=O) groups excluding carboxylic acids is 2. The summed E-state index contributed by atoms with van der Waals surface area (Å²) in [6.07, 6.45) is 4.49. The van der Waals surface area contributed by atoms with Crippen molar-refractivity contribution in [3.63, 3.8) is 0 Å². The Morgan fingerprint density at radius 3 is 2.69 bits per heavy atom. The number of rotatable bonds is 6. The second-order valence-electron chi connectivity index (χ2n) is 7.87. The molecule has 6 nitrogen and oxygen atoms in total. The second-order valence-corrected chi connectivity index (χ2v) is 7.87. The molecule has 2 amide bonds. The lowest BCUT2D eigenvalue weighted by atomic mass is 10.0. The van der Waals surface area contributed by atoms with Gasteiger partial charge in [0, 0.05) is 18.2 Å². The summed E-state index contributed by atoms with van der Waals surface area (Å²) < 4.78 is 5.45. The van der Waals surface area contributed by atoms with Crippen molar-refractivity contribution in [2.45, 2.75) is 57.7 Å². The predicted molar refractivity (Wildman–Crippen MR) is 110 cm³/mol. The van der Waals surface area contributed by atoms with Crippen LogP contribution in [0.5, 0.6) is 5.88 Å². The van der Waals surface area contributed by atoms with E-state index < -0.39 is 0 Å². The normalized spacial score (nSPS) is 17.3. The highest BCUT2D eigenvalue weighted by atomic mass is 16.5. The fourth-order valence-electron chi connectivity index (χ4n) is 4.31. The molecule has 1 N–H and O–H groups in total. The molecular formula is C23H27N3O3. The fourth-order valence-corrected chi connectivity index (χ4v) is 4.31. The van der Waals surface area contributed by atoms with E-state index in [1.165, 1.54) is 12.8 Å². The van der Waals surface area contributed by atoms with E-state index in [2.05, 4.69) is 10.3 Å². The third kappa shape index (κ3) is 3.84. The summed E-state index contributed by atoms with van der Waals surface area (Å²) in [5.74, 6) is 0.187. The lowest BCUT2D eigenvalue weighted by molar-refractivity contribution is -0.122. The summed E-state index contributed by atoms with van der Waals surface area (Å²) in [6.45, 7) is 2.70. The van der Waals surface area contributed by atoms with Crippen LogP contribution in [0.2, 0.25) is 0 Å². The lowest BCUT2D eigenvalue weighted by Crippen LogP contribution is -2.33. The van der Waals surface area contributed by atoms with Crippen LogP contribution in [-0.2, 0) is 17.9 Å². The second kappa shape index (κ2) is 8.23. The average Bonchev–Trinajstić information content (AvgIpc) is 3.39. The van der Waals surface area contributed by atoms with Crippen molar-refractivity contribution in [2.75, 3.05) is 7.11 Å². The van der Waals surface area contributed by atoms with Crippen LogP contribution in [0.1, 0.15) is 65.7 Å². The maximum atomic E-state index is 12.9. The molecule has 0 spiro atoms. The largest absolute Gasteiger partial charge is 0.481 e. The Balaban J connectivity index is 1.49. The third-order valence-electron chi connectivity index (χ3n) is 6.06. The van der Waals surface area contributed by atoms with Crippen LogP contribution in [0, 0.1) is 0 Å². The Kier molecular flexibility index (Phi) is 5.51. The van der Waals surface area contributed by atoms with Crippen molar-refractivity contribution >= 4 is 11.8 Å². The van der Waals surface area contributed by atoms with Gasteiger partial charge in [0.15, 0.2) is 0 Å². The highest BCUT2D eigenvalue weighted by Crippen LogP contribution is 2.33. The van der Waals surface area contributed by atoms with Gasteiger partial charge in [-0.15, -0.1) is 0 Å². The minimum atomic E-state index is -0.260. The number of pyridine rings is 1. The number of methoxy groups -OCH3 is 1. The molecule has 2 aromatic rings. The fraction of sp³-hybridized carbons (Fsp3) is 0.435. The van der Waals surface area contributed by atoms with E-state index in [1.54, 1.807) is 7.11 Å². The van der Waals surface area contributed by atoms with Crippen LogP contribution in [0.3, 0.4) is 0 Å². The van der Waals surface area contributed by atoms with E-state index >= 15 is 0 Å². The number of ether oxygens (including phenoxy) is 1. The number of carbonyl (C=O) groups is 2.